The lowest BCUT2D eigenvalue weighted by molar-refractivity contribution is 0.243. The fraction of sp³-hybridized carbons (Fsp3) is 0.364. The number of anilines is 1. The first kappa shape index (κ1) is 12.9. The van der Waals surface area contributed by atoms with Crippen molar-refractivity contribution in [1.82, 2.24) is 30.0 Å². The zero-order chi connectivity index (χ0) is 13.9. The van der Waals surface area contributed by atoms with Gasteiger partial charge >= 0.3 is 6.03 Å². The van der Waals surface area contributed by atoms with Gasteiger partial charge in [-0.3, -0.25) is 5.32 Å². The molecule has 0 aromatic carbocycles. The monoisotopic (exact) mass is 261 g/mol. The van der Waals surface area contributed by atoms with Crippen LogP contribution in [0.1, 0.15) is 20.8 Å². The van der Waals surface area contributed by atoms with Crippen molar-refractivity contribution in [2.75, 3.05) is 5.32 Å². The standard InChI is InChI=1S/C11H15N7O/c1-11(2,3)17-10(19)16-8-4-9(14-6-13-8)18-7-12-5-15-18/h4-7H,1-3H3,(H2,13,14,16,17,19). The highest BCUT2D eigenvalue weighted by Gasteiger charge is 2.14. The van der Waals surface area contributed by atoms with E-state index in [1.54, 1.807) is 6.07 Å². The second-order valence-corrected chi connectivity index (χ2v) is 4.93. The second kappa shape index (κ2) is 5.01. The Morgan fingerprint density at radius 3 is 2.68 bits per heavy atom. The number of rotatable bonds is 2. The van der Waals surface area contributed by atoms with Gasteiger partial charge in [0.1, 0.15) is 24.8 Å². The van der Waals surface area contributed by atoms with Gasteiger partial charge in [-0.15, -0.1) is 0 Å². The lowest BCUT2D eigenvalue weighted by atomic mass is 10.1. The molecule has 0 spiro atoms. The quantitative estimate of drug-likeness (QED) is 0.839. The van der Waals surface area contributed by atoms with E-state index in [-0.39, 0.29) is 11.6 Å². The van der Waals surface area contributed by atoms with Gasteiger partial charge in [0.15, 0.2) is 5.82 Å². The fourth-order valence-electron chi connectivity index (χ4n) is 1.36. The molecule has 2 N–H and O–H groups in total. The lowest BCUT2D eigenvalue weighted by Crippen LogP contribution is -2.43. The second-order valence-electron chi connectivity index (χ2n) is 4.93. The molecule has 8 nitrogen and oxygen atoms in total. The van der Waals surface area contributed by atoms with E-state index in [1.165, 1.54) is 23.7 Å². The first-order chi connectivity index (χ1) is 8.94. The van der Waals surface area contributed by atoms with Crippen LogP contribution in [0, 0.1) is 0 Å². The lowest BCUT2D eigenvalue weighted by Gasteiger charge is -2.20. The number of amides is 2. The van der Waals surface area contributed by atoms with E-state index in [1.807, 2.05) is 20.8 Å². The molecule has 2 aromatic rings. The Morgan fingerprint density at radius 2 is 2.05 bits per heavy atom. The molecule has 19 heavy (non-hydrogen) atoms. The fourth-order valence-corrected chi connectivity index (χ4v) is 1.36. The van der Waals surface area contributed by atoms with E-state index in [0.29, 0.717) is 11.6 Å². The van der Waals surface area contributed by atoms with Crippen molar-refractivity contribution in [1.29, 1.82) is 0 Å². The highest BCUT2D eigenvalue weighted by atomic mass is 16.2. The van der Waals surface area contributed by atoms with Crippen LogP contribution in [0.15, 0.2) is 25.0 Å². The minimum absolute atomic E-state index is 0.314. The van der Waals surface area contributed by atoms with Crippen molar-refractivity contribution >= 4 is 11.8 Å². The summed E-state index contributed by atoms with van der Waals surface area (Å²) in [4.78, 5) is 23.6. The number of urea groups is 1. The molecule has 2 heterocycles. The number of hydrogen-bond donors (Lipinski definition) is 2. The van der Waals surface area contributed by atoms with E-state index >= 15 is 0 Å². The first-order valence-electron chi connectivity index (χ1n) is 5.70. The molecule has 0 bridgehead atoms. The summed E-state index contributed by atoms with van der Waals surface area (Å²) in [6, 6.07) is 1.28. The molecular weight excluding hydrogens is 246 g/mol. The number of nitrogens with zero attached hydrogens (tertiary/aromatic N) is 5. The Balaban J connectivity index is 2.10. The van der Waals surface area contributed by atoms with Crippen molar-refractivity contribution in [3.63, 3.8) is 0 Å². The molecule has 0 aliphatic carbocycles. The summed E-state index contributed by atoms with van der Waals surface area (Å²) in [6.07, 6.45) is 4.27. The molecule has 2 amide bonds. The Morgan fingerprint density at radius 1 is 1.26 bits per heavy atom. The average Bonchev–Trinajstić information content (AvgIpc) is 2.79. The van der Waals surface area contributed by atoms with Gasteiger partial charge in [0.05, 0.1) is 0 Å². The van der Waals surface area contributed by atoms with Gasteiger partial charge in [0.25, 0.3) is 0 Å². The Kier molecular flexibility index (Phi) is 3.41. The minimum atomic E-state index is -0.323. The molecule has 8 heteroatoms. The van der Waals surface area contributed by atoms with Crippen LogP contribution in [0.4, 0.5) is 10.6 Å². The zero-order valence-electron chi connectivity index (χ0n) is 11.0. The Hall–Kier alpha value is -2.51. The summed E-state index contributed by atoms with van der Waals surface area (Å²) in [5.74, 6) is 0.917. The van der Waals surface area contributed by atoms with Gasteiger partial charge in [-0.1, -0.05) is 0 Å². The maximum absolute atomic E-state index is 11.7. The van der Waals surface area contributed by atoms with Gasteiger partial charge in [0.2, 0.25) is 0 Å². The third-order valence-electron chi connectivity index (χ3n) is 2.04. The van der Waals surface area contributed by atoms with Gasteiger partial charge in [-0.05, 0) is 20.8 Å². The molecular formula is C11H15N7O. The molecule has 0 fully saturated rings. The van der Waals surface area contributed by atoms with Gasteiger partial charge < -0.3 is 5.32 Å². The van der Waals surface area contributed by atoms with Crippen LogP contribution in [0.5, 0.6) is 0 Å². The van der Waals surface area contributed by atoms with Crippen LogP contribution < -0.4 is 10.6 Å². The van der Waals surface area contributed by atoms with Crippen LogP contribution in [0.3, 0.4) is 0 Å². The Bertz CT molecular complexity index is 559. The van der Waals surface area contributed by atoms with Crippen molar-refractivity contribution in [3.05, 3.63) is 25.0 Å². The van der Waals surface area contributed by atoms with Crippen molar-refractivity contribution in [2.45, 2.75) is 26.3 Å². The van der Waals surface area contributed by atoms with Crippen LogP contribution in [0.25, 0.3) is 5.82 Å². The number of nitrogens with one attached hydrogen (secondary N) is 2. The molecule has 0 unspecified atom stereocenters. The summed E-state index contributed by atoms with van der Waals surface area (Å²) in [6.45, 7) is 5.69. The topological polar surface area (TPSA) is 97.6 Å². The van der Waals surface area contributed by atoms with Crippen molar-refractivity contribution in [3.8, 4) is 5.82 Å². The number of carbonyl (C=O) groups excluding carboxylic acids is 1. The van der Waals surface area contributed by atoms with Crippen LogP contribution in [-0.4, -0.2) is 36.3 Å². The third-order valence-corrected chi connectivity index (χ3v) is 2.04. The van der Waals surface area contributed by atoms with Crippen molar-refractivity contribution < 1.29 is 4.79 Å². The first-order valence-corrected chi connectivity index (χ1v) is 5.70. The zero-order valence-corrected chi connectivity index (χ0v) is 11.0. The van der Waals surface area contributed by atoms with Crippen LogP contribution in [0.2, 0.25) is 0 Å². The van der Waals surface area contributed by atoms with Gasteiger partial charge in [0, 0.05) is 11.6 Å². The largest absolute Gasteiger partial charge is 0.333 e. The maximum atomic E-state index is 11.7. The van der Waals surface area contributed by atoms with E-state index in [4.69, 9.17) is 0 Å². The molecule has 0 aliphatic heterocycles. The minimum Gasteiger partial charge on any atom is -0.333 e. The van der Waals surface area contributed by atoms with E-state index in [0.717, 1.165) is 0 Å². The normalized spacial score (nSPS) is 11.1. The molecule has 0 saturated carbocycles. The van der Waals surface area contributed by atoms with Gasteiger partial charge in [-0.25, -0.2) is 24.4 Å². The molecule has 2 aromatic heterocycles. The van der Waals surface area contributed by atoms with Gasteiger partial charge in [-0.2, -0.15) is 5.10 Å². The van der Waals surface area contributed by atoms with E-state index < -0.39 is 0 Å². The predicted octanol–water partition coefficient (Wildman–Crippen LogP) is 0.977. The summed E-state index contributed by atoms with van der Waals surface area (Å²) in [5, 5.41) is 9.37. The summed E-state index contributed by atoms with van der Waals surface area (Å²) in [7, 11) is 0. The average molecular weight is 261 g/mol. The highest BCUT2D eigenvalue weighted by Crippen LogP contribution is 2.07. The molecule has 0 atom stereocenters. The van der Waals surface area contributed by atoms with Crippen molar-refractivity contribution in [2.24, 2.45) is 0 Å². The smallest absolute Gasteiger partial charge is 0.320 e. The maximum Gasteiger partial charge on any atom is 0.320 e. The summed E-state index contributed by atoms with van der Waals surface area (Å²) >= 11 is 0. The molecule has 0 aliphatic rings. The van der Waals surface area contributed by atoms with E-state index in [9.17, 15) is 4.79 Å². The van der Waals surface area contributed by atoms with Crippen LogP contribution >= 0.6 is 0 Å². The summed E-state index contributed by atoms with van der Waals surface area (Å²) < 4.78 is 1.48. The predicted molar refractivity (Wildman–Crippen MR) is 68.9 cm³/mol. The number of carbonyl (C=O) groups is 1. The molecule has 0 saturated heterocycles. The van der Waals surface area contributed by atoms with E-state index in [2.05, 4.69) is 30.7 Å². The molecule has 2 rings (SSSR count). The molecule has 100 valence electrons. The third kappa shape index (κ3) is 3.73. The summed E-state index contributed by atoms with van der Waals surface area (Å²) in [5.41, 5.74) is -0.314. The van der Waals surface area contributed by atoms with Crippen LogP contribution in [-0.2, 0) is 0 Å². The Labute approximate surface area is 110 Å². The molecule has 0 radical (unpaired) electrons. The highest BCUT2D eigenvalue weighted by molar-refractivity contribution is 5.88. The number of aromatic nitrogens is 5. The number of hydrogen-bond acceptors (Lipinski definition) is 5. The SMILES string of the molecule is CC(C)(C)NC(=O)Nc1cc(-n2cncn2)ncn1.